The Kier molecular flexibility index (Phi) is 7.10. The Morgan fingerprint density at radius 2 is 1.77 bits per heavy atom. The van der Waals surface area contributed by atoms with Crippen LogP contribution in [-0.4, -0.2) is 23.3 Å². The molecule has 0 aliphatic rings. The fourth-order valence-corrected chi connectivity index (χ4v) is 2.86. The Labute approximate surface area is 173 Å². The van der Waals surface area contributed by atoms with Gasteiger partial charge in [0.25, 0.3) is 5.91 Å². The third kappa shape index (κ3) is 6.13. The summed E-state index contributed by atoms with van der Waals surface area (Å²) < 4.78 is 18.7. The maximum Gasteiger partial charge on any atom is 0.251 e. The van der Waals surface area contributed by atoms with E-state index in [0.717, 1.165) is 11.1 Å². The first-order chi connectivity index (χ1) is 14.5. The van der Waals surface area contributed by atoms with Gasteiger partial charge in [0.1, 0.15) is 12.4 Å². The molecule has 1 heterocycles. The van der Waals surface area contributed by atoms with Gasteiger partial charge in [0, 0.05) is 24.4 Å². The minimum Gasteiger partial charge on any atom is -0.473 e. The summed E-state index contributed by atoms with van der Waals surface area (Å²) >= 11 is 0. The van der Waals surface area contributed by atoms with E-state index >= 15 is 0 Å². The van der Waals surface area contributed by atoms with Crippen molar-refractivity contribution in [2.75, 3.05) is 6.54 Å². The molecular formula is C23H22FN3O3. The lowest BCUT2D eigenvalue weighted by Crippen LogP contribution is -2.37. The van der Waals surface area contributed by atoms with Gasteiger partial charge in [-0.25, -0.2) is 9.37 Å². The summed E-state index contributed by atoms with van der Waals surface area (Å²) in [5.41, 5.74) is 7.57. The average molecular weight is 407 g/mol. The van der Waals surface area contributed by atoms with Gasteiger partial charge in [-0.15, -0.1) is 0 Å². The van der Waals surface area contributed by atoms with Gasteiger partial charge in [0.2, 0.25) is 11.8 Å². The van der Waals surface area contributed by atoms with Crippen LogP contribution in [0.15, 0.2) is 72.9 Å². The molecule has 3 rings (SSSR count). The molecule has 3 aromatic rings. The van der Waals surface area contributed by atoms with Crippen LogP contribution in [0.3, 0.4) is 0 Å². The van der Waals surface area contributed by atoms with E-state index in [1.54, 1.807) is 18.2 Å². The van der Waals surface area contributed by atoms with Crippen LogP contribution in [0.2, 0.25) is 0 Å². The monoisotopic (exact) mass is 407 g/mol. The highest BCUT2D eigenvalue weighted by molar-refractivity contribution is 5.94. The molecule has 30 heavy (non-hydrogen) atoms. The number of pyridine rings is 1. The van der Waals surface area contributed by atoms with E-state index in [1.165, 1.54) is 24.4 Å². The summed E-state index contributed by atoms with van der Waals surface area (Å²) in [5.74, 6) is -1.56. The second-order valence-corrected chi connectivity index (χ2v) is 6.80. The summed E-state index contributed by atoms with van der Waals surface area (Å²) in [4.78, 5) is 28.4. The number of ether oxygens (including phenoxy) is 1. The number of hydrogen-bond donors (Lipinski definition) is 2. The van der Waals surface area contributed by atoms with Crippen molar-refractivity contribution < 1.29 is 18.7 Å². The van der Waals surface area contributed by atoms with Crippen LogP contribution < -0.4 is 15.8 Å². The van der Waals surface area contributed by atoms with Gasteiger partial charge in [-0.3, -0.25) is 9.59 Å². The second-order valence-electron chi connectivity index (χ2n) is 6.80. The number of primary amides is 1. The molecule has 3 N–H and O–H groups in total. The fraction of sp³-hybridized carbons (Fsp3) is 0.174. The molecule has 0 spiro atoms. The highest BCUT2D eigenvalue weighted by Gasteiger charge is 2.18. The lowest BCUT2D eigenvalue weighted by molar-refractivity contribution is -0.121. The van der Waals surface area contributed by atoms with Crippen LogP contribution >= 0.6 is 0 Å². The van der Waals surface area contributed by atoms with E-state index in [9.17, 15) is 14.0 Å². The van der Waals surface area contributed by atoms with Crippen molar-refractivity contribution in [3.05, 3.63) is 95.4 Å². The SMILES string of the molecule is NC(=O)C(CNC(=O)c1ccnc(OCc2ccccc2)c1)Cc1ccc(F)cc1. The lowest BCUT2D eigenvalue weighted by Gasteiger charge is -2.15. The maximum absolute atomic E-state index is 13.0. The van der Waals surface area contributed by atoms with Crippen molar-refractivity contribution in [2.24, 2.45) is 11.7 Å². The zero-order valence-electron chi connectivity index (χ0n) is 16.3. The molecule has 0 radical (unpaired) electrons. The van der Waals surface area contributed by atoms with Crippen molar-refractivity contribution in [3.8, 4) is 5.88 Å². The second kappa shape index (κ2) is 10.2. The van der Waals surface area contributed by atoms with Crippen molar-refractivity contribution >= 4 is 11.8 Å². The third-order valence-electron chi connectivity index (χ3n) is 4.53. The van der Waals surface area contributed by atoms with Crippen molar-refractivity contribution in [1.82, 2.24) is 10.3 Å². The van der Waals surface area contributed by atoms with Crippen molar-refractivity contribution in [1.29, 1.82) is 0 Å². The number of carbonyl (C=O) groups is 2. The molecule has 1 unspecified atom stereocenters. The number of amides is 2. The van der Waals surface area contributed by atoms with E-state index in [4.69, 9.17) is 10.5 Å². The maximum atomic E-state index is 13.0. The number of benzene rings is 2. The summed E-state index contributed by atoms with van der Waals surface area (Å²) in [6.45, 7) is 0.397. The first kappa shape index (κ1) is 21.0. The predicted octanol–water partition coefficient (Wildman–Crippen LogP) is 2.87. The average Bonchev–Trinajstić information content (AvgIpc) is 2.77. The van der Waals surface area contributed by atoms with Gasteiger partial charge >= 0.3 is 0 Å². The zero-order valence-corrected chi connectivity index (χ0v) is 16.3. The van der Waals surface area contributed by atoms with Gasteiger partial charge in [0.15, 0.2) is 0 Å². The third-order valence-corrected chi connectivity index (χ3v) is 4.53. The predicted molar refractivity (Wildman–Crippen MR) is 110 cm³/mol. The minimum absolute atomic E-state index is 0.0636. The van der Waals surface area contributed by atoms with E-state index in [0.29, 0.717) is 24.5 Å². The van der Waals surface area contributed by atoms with Gasteiger partial charge in [0.05, 0.1) is 5.92 Å². The molecule has 2 amide bonds. The first-order valence-corrected chi connectivity index (χ1v) is 9.46. The Bertz CT molecular complexity index is 994. The number of nitrogens with two attached hydrogens (primary N) is 1. The summed E-state index contributed by atoms with van der Waals surface area (Å²) in [5, 5.41) is 2.72. The zero-order chi connectivity index (χ0) is 21.3. The molecule has 0 saturated heterocycles. The molecule has 2 aromatic carbocycles. The fourth-order valence-electron chi connectivity index (χ4n) is 2.86. The molecule has 1 aromatic heterocycles. The molecule has 154 valence electrons. The molecule has 0 fully saturated rings. The van der Waals surface area contributed by atoms with Crippen LogP contribution in [-0.2, 0) is 17.8 Å². The Morgan fingerprint density at radius 3 is 2.47 bits per heavy atom. The lowest BCUT2D eigenvalue weighted by atomic mass is 9.98. The molecular weight excluding hydrogens is 385 g/mol. The molecule has 0 bridgehead atoms. The number of rotatable bonds is 9. The minimum atomic E-state index is -0.616. The van der Waals surface area contributed by atoms with E-state index < -0.39 is 11.8 Å². The van der Waals surface area contributed by atoms with Crippen molar-refractivity contribution in [2.45, 2.75) is 13.0 Å². The largest absolute Gasteiger partial charge is 0.473 e. The number of nitrogens with one attached hydrogen (secondary N) is 1. The summed E-state index contributed by atoms with van der Waals surface area (Å²) in [6.07, 6.45) is 1.79. The molecule has 0 aliphatic heterocycles. The van der Waals surface area contributed by atoms with Crippen LogP contribution in [0.25, 0.3) is 0 Å². The van der Waals surface area contributed by atoms with Crippen LogP contribution in [0.5, 0.6) is 5.88 Å². The van der Waals surface area contributed by atoms with Gasteiger partial charge in [-0.2, -0.15) is 0 Å². The van der Waals surface area contributed by atoms with Crippen molar-refractivity contribution in [3.63, 3.8) is 0 Å². The normalized spacial score (nSPS) is 11.5. The topological polar surface area (TPSA) is 94.3 Å². The first-order valence-electron chi connectivity index (χ1n) is 9.46. The standard InChI is InChI=1S/C23H22FN3O3/c24-20-8-6-16(7-9-20)12-19(22(25)28)14-27-23(29)18-10-11-26-21(13-18)30-15-17-4-2-1-3-5-17/h1-11,13,19H,12,14-15H2,(H2,25,28)(H,27,29). The van der Waals surface area contributed by atoms with Crippen LogP contribution in [0.4, 0.5) is 4.39 Å². The smallest absolute Gasteiger partial charge is 0.251 e. The summed E-state index contributed by atoms with van der Waals surface area (Å²) in [7, 11) is 0. The number of hydrogen-bond acceptors (Lipinski definition) is 4. The molecule has 7 heteroatoms. The van der Waals surface area contributed by atoms with Gasteiger partial charge < -0.3 is 15.8 Å². The number of aromatic nitrogens is 1. The Hall–Kier alpha value is -3.74. The Morgan fingerprint density at radius 1 is 1.03 bits per heavy atom. The highest BCUT2D eigenvalue weighted by atomic mass is 19.1. The summed E-state index contributed by atoms with van der Waals surface area (Å²) in [6, 6.07) is 18.5. The van der Waals surface area contributed by atoms with Gasteiger partial charge in [-0.1, -0.05) is 42.5 Å². The Balaban J connectivity index is 1.57. The van der Waals surface area contributed by atoms with Gasteiger partial charge in [-0.05, 0) is 35.7 Å². The highest BCUT2D eigenvalue weighted by Crippen LogP contribution is 2.13. The number of carbonyl (C=O) groups excluding carboxylic acids is 2. The molecule has 1 atom stereocenters. The quantitative estimate of drug-likeness (QED) is 0.570. The van der Waals surface area contributed by atoms with E-state index in [-0.39, 0.29) is 18.3 Å². The van der Waals surface area contributed by atoms with Crippen LogP contribution in [0.1, 0.15) is 21.5 Å². The number of nitrogens with zero attached hydrogens (tertiary/aromatic N) is 1. The van der Waals surface area contributed by atoms with Crippen LogP contribution in [0, 0.1) is 11.7 Å². The van der Waals surface area contributed by atoms with E-state index in [2.05, 4.69) is 10.3 Å². The molecule has 0 aliphatic carbocycles. The molecule has 6 nitrogen and oxygen atoms in total. The number of halogens is 1. The van der Waals surface area contributed by atoms with E-state index in [1.807, 2.05) is 30.3 Å². The molecule has 0 saturated carbocycles.